The van der Waals surface area contributed by atoms with E-state index in [9.17, 15) is 4.79 Å². The van der Waals surface area contributed by atoms with Crippen LogP contribution in [0.1, 0.15) is 11.1 Å². The van der Waals surface area contributed by atoms with E-state index in [1.54, 1.807) is 18.3 Å². The summed E-state index contributed by atoms with van der Waals surface area (Å²) in [7, 11) is 0. The van der Waals surface area contributed by atoms with Crippen LogP contribution in [0.2, 0.25) is 5.02 Å². The van der Waals surface area contributed by atoms with Crippen LogP contribution >= 0.6 is 11.6 Å². The zero-order valence-electron chi connectivity index (χ0n) is 15.3. The molecular formula is C23H18ClN3O. The normalized spacial score (nSPS) is 15.1. The van der Waals surface area contributed by atoms with Gasteiger partial charge in [-0.1, -0.05) is 60.1 Å². The molecule has 0 saturated heterocycles. The summed E-state index contributed by atoms with van der Waals surface area (Å²) in [4.78, 5) is 13.2. The van der Waals surface area contributed by atoms with Gasteiger partial charge in [0.1, 0.15) is 5.71 Å². The minimum absolute atomic E-state index is 0.172. The second-order valence-corrected chi connectivity index (χ2v) is 6.86. The van der Waals surface area contributed by atoms with Crippen molar-refractivity contribution in [1.82, 2.24) is 0 Å². The molecular weight excluding hydrogens is 370 g/mol. The van der Waals surface area contributed by atoms with Gasteiger partial charge in [-0.15, -0.1) is 0 Å². The largest absolute Gasteiger partial charge is 0.361 e. The zero-order valence-corrected chi connectivity index (χ0v) is 16.0. The Hall–Kier alpha value is -3.37. The predicted octanol–water partition coefficient (Wildman–Crippen LogP) is 5.40. The molecule has 5 heteroatoms. The molecule has 4 nitrogen and oxygen atoms in total. The summed E-state index contributed by atoms with van der Waals surface area (Å²) in [5.74, 6) is -0.172. The van der Waals surface area contributed by atoms with E-state index in [1.807, 2.05) is 73.7 Å². The maximum Gasteiger partial charge on any atom is 0.282 e. The lowest BCUT2D eigenvalue weighted by atomic mass is 10.0. The molecule has 0 unspecified atom stereocenters. The molecule has 3 aromatic rings. The Balaban J connectivity index is 1.74. The number of aryl methyl sites for hydroxylation is 1. The Kier molecular flexibility index (Phi) is 4.96. The summed E-state index contributed by atoms with van der Waals surface area (Å²) >= 11 is 5.94. The van der Waals surface area contributed by atoms with Gasteiger partial charge in [-0.05, 0) is 42.8 Å². The fourth-order valence-electron chi connectivity index (χ4n) is 3.02. The number of hydrogen-bond acceptors (Lipinski definition) is 3. The van der Waals surface area contributed by atoms with Crippen LogP contribution < -0.4 is 10.3 Å². The number of carbonyl (C=O) groups is 1. The molecule has 3 aromatic carbocycles. The molecule has 1 heterocycles. The lowest BCUT2D eigenvalue weighted by Crippen LogP contribution is -2.22. The van der Waals surface area contributed by atoms with Crippen LogP contribution in [-0.4, -0.2) is 11.6 Å². The zero-order chi connectivity index (χ0) is 19.5. The van der Waals surface area contributed by atoms with Crippen LogP contribution in [0.3, 0.4) is 0 Å². The molecule has 1 aliphatic heterocycles. The Labute approximate surface area is 168 Å². The second-order valence-electron chi connectivity index (χ2n) is 6.43. The van der Waals surface area contributed by atoms with Gasteiger partial charge in [-0.25, -0.2) is 0 Å². The minimum Gasteiger partial charge on any atom is -0.361 e. The topological polar surface area (TPSA) is 44.7 Å². The maximum atomic E-state index is 13.2. The number of hydrogen-bond donors (Lipinski definition) is 1. The van der Waals surface area contributed by atoms with Gasteiger partial charge in [0, 0.05) is 22.5 Å². The fraction of sp³-hybridized carbons (Fsp3) is 0.0435. The number of rotatable bonds is 4. The summed E-state index contributed by atoms with van der Waals surface area (Å²) in [6, 6.07) is 24.7. The first kappa shape index (κ1) is 18.0. The third-order valence-corrected chi connectivity index (χ3v) is 4.75. The Bertz CT molecular complexity index is 1070. The number of hydrazone groups is 1. The fourth-order valence-corrected chi connectivity index (χ4v) is 3.15. The van der Waals surface area contributed by atoms with Crippen molar-refractivity contribution in [3.63, 3.8) is 0 Å². The van der Waals surface area contributed by atoms with Crippen LogP contribution in [0.25, 0.3) is 0 Å². The van der Waals surface area contributed by atoms with E-state index in [-0.39, 0.29) is 5.91 Å². The van der Waals surface area contributed by atoms with E-state index in [2.05, 4.69) is 10.4 Å². The summed E-state index contributed by atoms with van der Waals surface area (Å²) in [6.45, 7) is 1.97. The molecule has 0 radical (unpaired) electrons. The van der Waals surface area contributed by atoms with E-state index in [0.717, 1.165) is 22.5 Å². The summed E-state index contributed by atoms with van der Waals surface area (Å²) in [5.41, 5.74) is 4.62. The van der Waals surface area contributed by atoms with Gasteiger partial charge in [0.15, 0.2) is 0 Å². The van der Waals surface area contributed by atoms with Gasteiger partial charge in [0.2, 0.25) is 0 Å². The standard InChI is InChI=1S/C23H18ClN3O/c1-16-7-5-6-10-21(16)27-23(28)20(15-25-19-13-11-18(24)12-14-19)22(26-27)17-8-3-2-4-9-17/h2-15,25H,1H3. The van der Waals surface area contributed by atoms with Gasteiger partial charge < -0.3 is 5.32 Å². The van der Waals surface area contributed by atoms with Crippen molar-refractivity contribution in [1.29, 1.82) is 0 Å². The molecule has 0 bridgehead atoms. The average molecular weight is 388 g/mol. The van der Waals surface area contributed by atoms with Gasteiger partial charge in [-0.3, -0.25) is 4.79 Å². The van der Waals surface area contributed by atoms with Crippen molar-refractivity contribution in [2.45, 2.75) is 6.92 Å². The van der Waals surface area contributed by atoms with Crippen molar-refractivity contribution in [3.8, 4) is 0 Å². The number of nitrogens with zero attached hydrogens (tertiary/aromatic N) is 2. The van der Waals surface area contributed by atoms with E-state index < -0.39 is 0 Å². The first-order valence-corrected chi connectivity index (χ1v) is 9.28. The number of nitrogens with one attached hydrogen (secondary N) is 1. The highest BCUT2D eigenvalue weighted by Crippen LogP contribution is 2.28. The van der Waals surface area contributed by atoms with Gasteiger partial charge in [0.25, 0.3) is 5.91 Å². The molecule has 0 fully saturated rings. The third kappa shape index (κ3) is 3.55. The predicted molar refractivity (Wildman–Crippen MR) is 115 cm³/mol. The SMILES string of the molecule is Cc1ccccc1N1N=C(c2ccccc2)C(=CNc2ccc(Cl)cc2)C1=O. The van der Waals surface area contributed by atoms with Gasteiger partial charge in [-0.2, -0.15) is 10.1 Å². The van der Waals surface area contributed by atoms with Crippen LogP contribution in [0.4, 0.5) is 11.4 Å². The molecule has 0 aliphatic carbocycles. The summed E-state index contributed by atoms with van der Waals surface area (Å²) in [5, 5.41) is 9.96. The monoisotopic (exact) mass is 387 g/mol. The third-order valence-electron chi connectivity index (χ3n) is 4.50. The van der Waals surface area contributed by atoms with E-state index >= 15 is 0 Å². The Morgan fingerprint density at radius 2 is 1.61 bits per heavy atom. The van der Waals surface area contributed by atoms with Crippen LogP contribution in [0.5, 0.6) is 0 Å². The molecule has 138 valence electrons. The Morgan fingerprint density at radius 1 is 0.929 bits per heavy atom. The van der Waals surface area contributed by atoms with Gasteiger partial charge >= 0.3 is 0 Å². The number of amides is 1. The summed E-state index contributed by atoms with van der Waals surface area (Å²) in [6.07, 6.45) is 1.70. The van der Waals surface area contributed by atoms with Crippen molar-refractivity contribution in [3.05, 3.63) is 107 Å². The molecule has 0 aromatic heterocycles. The van der Waals surface area contributed by atoms with Crippen molar-refractivity contribution in [2.24, 2.45) is 5.10 Å². The van der Waals surface area contributed by atoms with Crippen molar-refractivity contribution < 1.29 is 4.79 Å². The lowest BCUT2D eigenvalue weighted by Gasteiger charge is -2.14. The molecule has 0 spiro atoms. The molecule has 0 saturated carbocycles. The number of carbonyl (C=O) groups excluding carboxylic acids is 1. The first-order valence-electron chi connectivity index (χ1n) is 8.90. The molecule has 1 N–H and O–H groups in total. The molecule has 1 aliphatic rings. The maximum absolute atomic E-state index is 13.2. The van der Waals surface area contributed by atoms with Crippen LogP contribution in [0, 0.1) is 6.92 Å². The smallest absolute Gasteiger partial charge is 0.282 e. The van der Waals surface area contributed by atoms with Crippen molar-refractivity contribution >= 4 is 34.6 Å². The van der Waals surface area contributed by atoms with E-state index in [1.165, 1.54) is 5.01 Å². The van der Waals surface area contributed by atoms with E-state index in [0.29, 0.717) is 16.3 Å². The highest BCUT2D eigenvalue weighted by atomic mass is 35.5. The van der Waals surface area contributed by atoms with Crippen molar-refractivity contribution in [2.75, 3.05) is 10.3 Å². The number of anilines is 2. The number of benzene rings is 3. The quantitative estimate of drug-likeness (QED) is 0.609. The van der Waals surface area contributed by atoms with E-state index in [4.69, 9.17) is 11.6 Å². The average Bonchev–Trinajstić information content (AvgIpc) is 3.05. The lowest BCUT2D eigenvalue weighted by molar-refractivity contribution is -0.114. The summed E-state index contributed by atoms with van der Waals surface area (Å²) < 4.78 is 0. The molecule has 1 amide bonds. The minimum atomic E-state index is -0.172. The van der Waals surface area contributed by atoms with Crippen LogP contribution in [0.15, 0.2) is 95.7 Å². The number of halogens is 1. The molecule has 4 rings (SSSR count). The number of para-hydroxylation sites is 1. The highest BCUT2D eigenvalue weighted by molar-refractivity contribution is 6.35. The Morgan fingerprint density at radius 3 is 2.32 bits per heavy atom. The van der Waals surface area contributed by atoms with Crippen LogP contribution in [-0.2, 0) is 4.79 Å². The molecule has 0 atom stereocenters. The second kappa shape index (κ2) is 7.71. The highest BCUT2D eigenvalue weighted by Gasteiger charge is 2.32. The first-order chi connectivity index (χ1) is 13.6. The molecule has 28 heavy (non-hydrogen) atoms. The van der Waals surface area contributed by atoms with Gasteiger partial charge in [0.05, 0.1) is 11.3 Å².